The monoisotopic (exact) mass is 381 g/mol. The molecule has 2 heterocycles. The topological polar surface area (TPSA) is 111 Å². The van der Waals surface area contributed by atoms with Crippen LogP contribution in [0.2, 0.25) is 0 Å². The molecule has 2 N–H and O–H groups in total. The smallest absolute Gasteiger partial charge is 0.276 e. The average Bonchev–Trinajstić information content (AvgIpc) is 2.58. The molecule has 1 fully saturated rings. The summed E-state index contributed by atoms with van der Waals surface area (Å²) in [5.41, 5.74) is 1.71. The molecule has 0 unspecified atom stereocenters. The van der Waals surface area contributed by atoms with E-state index in [0.29, 0.717) is 24.0 Å². The minimum atomic E-state index is -3.62. The van der Waals surface area contributed by atoms with Gasteiger partial charge in [0.25, 0.3) is 10.2 Å². The van der Waals surface area contributed by atoms with Crippen LogP contribution in [0.1, 0.15) is 6.42 Å². The lowest BCUT2D eigenvalue weighted by Gasteiger charge is -2.41. The summed E-state index contributed by atoms with van der Waals surface area (Å²) in [6.45, 7) is 2.07. The Balaban J connectivity index is 1.72. The summed E-state index contributed by atoms with van der Waals surface area (Å²) in [4.78, 5) is 2.20. The Hall–Kier alpha value is -2.17. The highest BCUT2D eigenvalue weighted by molar-refractivity contribution is 7.86. The Kier molecular flexibility index (Phi) is 5.17. The van der Waals surface area contributed by atoms with Gasteiger partial charge in [-0.25, -0.2) is 5.14 Å². The van der Waals surface area contributed by atoms with Crippen LogP contribution in [-0.4, -0.2) is 63.8 Å². The Morgan fingerprint density at radius 3 is 2.54 bits per heavy atom. The molecule has 1 saturated heterocycles. The molecule has 1 aliphatic rings. The summed E-state index contributed by atoms with van der Waals surface area (Å²) in [5.74, 6) is 1.66. The number of methoxy groups -OCH3 is 2. The van der Waals surface area contributed by atoms with Crippen LogP contribution in [0.25, 0.3) is 10.9 Å². The second-order valence-electron chi connectivity index (χ2n) is 6.38. The van der Waals surface area contributed by atoms with Gasteiger partial charge in [0.2, 0.25) is 0 Å². The van der Waals surface area contributed by atoms with Crippen molar-refractivity contribution in [3.8, 4) is 11.5 Å². The number of nitrogens with zero attached hydrogens (tertiary/aromatic N) is 4. The lowest BCUT2D eigenvalue weighted by Crippen LogP contribution is -2.48. The standard InChI is InChI=1S/C16H23N5O4S/c1-20(26(17,22)23)5-4-11-9-21(10-11)14-8-18-19-13-7-16(25-3)15(24-2)6-12(13)14/h6-8,11H,4-5,9-10H2,1-3H3,(H2,17,22,23). The van der Waals surface area contributed by atoms with E-state index in [9.17, 15) is 8.42 Å². The summed E-state index contributed by atoms with van der Waals surface area (Å²) in [6.07, 6.45) is 2.50. The fourth-order valence-corrected chi connectivity index (χ4v) is 3.42. The van der Waals surface area contributed by atoms with Gasteiger partial charge in [0, 0.05) is 38.1 Å². The number of aromatic nitrogens is 2. The van der Waals surface area contributed by atoms with Crippen LogP contribution < -0.4 is 19.5 Å². The van der Waals surface area contributed by atoms with E-state index in [1.807, 2.05) is 12.1 Å². The van der Waals surface area contributed by atoms with Crippen molar-refractivity contribution in [3.63, 3.8) is 0 Å². The maximum Gasteiger partial charge on any atom is 0.276 e. The lowest BCUT2D eigenvalue weighted by molar-refractivity contribution is 0.345. The van der Waals surface area contributed by atoms with E-state index in [-0.39, 0.29) is 0 Å². The SMILES string of the molecule is COc1cc2nncc(N3CC(CCN(C)S(N)(=O)=O)C3)c2cc1OC. The van der Waals surface area contributed by atoms with Gasteiger partial charge in [-0.05, 0) is 18.4 Å². The summed E-state index contributed by atoms with van der Waals surface area (Å²) in [7, 11) is 1.06. The van der Waals surface area contributed by atoms with Crippen molar-refractivity contribution in [2.24, 2.45) is 11.1 Å². The first-order chi connectivity index (χ1) is 12.3. The molecule has 142 valence electrons. The maximum absolute atomic E-state index is 11.3. The number of hydrogen-bond acceptors (Lipinski definition) is 7. The zero-order valence-corrected chi connectivity index (χ0v) is 15.9. The normalized spacial score (nSPS) is 15.3. The molecule has 0 aliphatic carbocycles. The van der Waals surface area contributed by atoms with Crippen molar-refractivity contribution in [2.45, 2.75) is 6.42 Å². The Morgan fingerprint density at radius 1 is 1.27 bits per heavy atom. The highest BCUT2D eigenvalue weighted by Crippen LogP contribution is 2.37. The van der Waals surface area contributed by atoms with Crippen LogP contribution in [0.5, 0.6) is 11.5 Å². The third kappa shape index (κ3) is 3.67. The van der Waals surface area contributed by atoms with Crippen molar-refractivity contribution in [1.82, 2.24) is 14.5 Å². The molecule has 0 spiro atoms. The Labute approximate surface area is 152 Å². The third-order valence-electron chi connectivity index (χ3n) is 4.71. The van der Waals surface area contributed by atoms with Crippen LogP contribution in [0.3, 0.4) is 0 Å². The van der Waals surface area contributed by atoms with Crippen LogP contribution in [0.4, 0.5) is 5.69 Å². The van der Waals surface area contributed by atoms with Crippen LogP contribution in [-0.2, 0) is 10.2 Å². The predicted molar refractivity (Wildman–Crippen MR) is 98.7 cm³/mol. The van der Waals surface area contributed by atoms with E-state index in [1.165, 1.54) is 11.4 Å². The molecule has 0 atom stereocenters. The first kappa shape index (κ1) is 18.6. The molecule has 3 rings (SSSR count). The zero-order valence-electron chi connectivity index (χ0n) is 15.0. The highest BCUT2D eigenvalue weighted by atomic mass is 32.2. The molecule has 1 aliphatic heterocycles. The van der Waals surface area contributed by atoms with Gasteiger partial charge in [-0.2, -0.15) is 22.9 Å². The number of fused-ring (bicyclic) bond motifs is 1. The Bertz CT molecular complexity index is 899. The number of hydrogen-bond donors (Lipinski definition) is 1. The number of anilines is 1. The van der Waals surface area contributed by atoms with Crippen LogP contribution >= 0.6 is 0 Å². The van der Waals surface area contributed by atoms with Crippen molar-refractivity contribution in [1.29, 1.82) is 0 Å². The van der Waals surface area contributed by atoms with Gasteiger partial charge in [0.15, 0.2) is 11.5 Å². The summed E-state index contributed by atoms with van der Waals surface area (Å²) < 4.78 is 34.4. The van der Waals surface area contributed by atoms with Crippen molar-refractivity contribution < 1.29 is 17.9 Å². The highest BCUT2D eigenvalue weighted by Gasteiger charge is 2.29. The second kappa shape index (κ2) is 7.22. The fourth-order valence-electron chi connectivity index (χ4n) is 3.06. The largest absolute Gasteiger partial charge is 0.493 e. The van der Waals surface area contributed by atoms with E-state index in [4.69, 9.17) is 14.6 Å². The van der Waals surface area contributed by atoms with Gasteiger partial charge in [-0.1, -0.05) is 0 Å². The summed E-state index contributed by atoms with van der Waals surface area (Å²) in [6, 6.07) is 3.71. The van der Waals surface area contributed by atoms with Gasteiger partial charge in [0.1, 0.15) is 0 Å². The third-order valence-corrected chi connectivity index (χ3v) is 5.76. The van der Waals surface area contributed by atoms with Gasteiger partial charge in [0.05, 0.1) is 31.6 Å². The van der Waals surface area contributed by atoms with E-state index in [0.717, 1.165) is 36.1 Å². The molecular weight excluding hydrogens is 358 g/mol. The lowest BCUT2D eigenvalue weighted by atomic mass is 9.95. The molecular formula is C16H23N5O4S. The molecule has 0 radical (unpaired) electrons. The molecule has 26 heavy (non-hydrogen) atoms. The molecule has 0 bridgehead atoms. The maximum atomic E-state index is 11.3. The van der Waals surface area contributed by atoms with Gasteiger partial charge >= 0.3 is 0 Å². The van der Waals surface area contributed by atoms with Crippen LogP contribution in [0, 0.1) is 5.92 Å². The molecule has 9 nitrogen and oxygen atoms in total. The molecule has 10 heteroatoms. The minimum absolute atomic E-state index is 0.405. The number of benzene rings is 1. The van der Waals surface area contributed by atoms with E-state index in [1.54, 1.807) is 20.4 Å². The molecule has 1 aromatic carbocycles. The number of ether oxygens (including phenoxy) is 2. The average molecular weight is 381 g/mol. The van der Waals surface area contributed by atoms with Gasteiger partial charge in [-0.3, -0.25) is 0 Å². The second-order valence-corrected chi connectivity index (χ2v) is 8.03. The first-order valence-corrected chi connectivity index (χ1v) is 9.70. The number of nitrogens with two attached hydrogens (primary N) is 1. The van der Waals surface area contributed by atoms with Gasteiger partial charge < -0.3 is 14.4 Å². The summed E-state index contributed by atoms with van der Waals surface area (Å²) in [5, 5.41) is 14.3. The molecule has 2 aromatic rings. The van der Waals surface area contributed by atoms with Crippen molar-refractivity contribution in [2.75, 3.05) is 45.8 Å². The van der Waals surface area contributed by atoms with Crippen molar-refractivity contribution in [3.05, 3.63) is 18.3 Å². The van der Waals surface area contributed by atoms with Crippen molar-refractivity contribution >= 4 is 26.8 Å². The van der Waals surface area contributed by atoms with E-state index >= 15 is 0 Å². The van der Waals surface area contributed by atoms with E-state index in [2.05, 4.69) is 15.1 Å². The zero-order chi connectivity index (χ0) is 18.9. The molecule has 0 saturated carbocycles. The number of rotatable bonds is 7. The summed E-state index contributed by atoms with van der Waals surface area (Å²) >= 11 is 0. The predicted octanol–water partition coefficient (Wildman–Crippen LogP) is 0.609. The van der Waals surface area contributed by atoms with Crippen LogP contribution in [0.15, 0.2) is 18.3 Å². The molecule has 0 amide bonds. The molecule has 1 aromatic heterocycles. The first-order valence-electron chi connectivity index (χ1n) is 8.20. The van der Waals surface area contributed by atoms with Gasteiger partial charge in [-0.15, -0.1) is 0 Å². The quantitative estimate of drug-likeness (QED) is 0.748. The Morgan fingerprint density at radius 2 is 1.92 bits per heavy atom. The van der Waals surface area contributed by atoms with E-state index < -0.39 is 10.2 Å². The fraction of sp³-hybridized carbons (Fsp3) is 0.500. The minimum Gasteiger partial charge on any atom is -0.493 e.